The van der Waals surface area contributed by atoms with E-state index in [9.17, 15) is 4.79 Å². The van der Waals surface area contributed by atoms with Gasteiger partial charge in [-0.2, -0.15) is 0 Å². The quantitative estimate of drug-likeness (QED) is 0.548. The van der Waals surface area contributed by atoms with Crippen molar-refractivity contribution in [2.45, 2.75) is 44.6 Å². The van der Waals surface area contributed by atoms with Gasteiger partial charge in [0, 0.05) is 18.1 Å². The van der Waals surface area contributed by atoms with Crippen LogP contribution in [0.4, 0.5) is 4.79 Å². The topological polar surface area (TPSA) is 33.9 Å². The third kappa shape index (κ3) is 4.74. The van der Waals surface area contributed by atoms with Gasteiger partial charge in [-0.25, -0.2) is 4.79 Å². The summed E-state index contributed by atoms with van der Waals surface area (Å²) in [6.07, 6.45) is 1.27. The number of amides is 1. The Kier molecular flexibility index (Phi) is 5.79. The number of carbonyl (C=O) groups is 1. The number of benzene rings is 1. The Labute approximate surface area is 156 Å². The lowest BCUT2D eigenvalue weighted by Gasteiger charge is -2.36. The number of carbonyl (C=O) groups excluding carboxylic acids is 1. The van der Waals surface area contributed by atoms with E-state index in [0.717, 1.165) is 18.4 Å². The van der Waals surface area contributed by atoms with Gasteiger partial charge in [0.05, 0.1) is 0 Å². The minimum absolute atomic E-state index is 0.256. The van der Waals surface area contributed by atoms with E-state index in [2.05, 4.69) is 9.13 Å². The Balaban J connectivity index is 2.13. The van der Waals surface area contributed by atoms with Crippen LogP contribution in [0.1, 0.15) is 39.2 Å². The molecule has 0 unspecified atom stereocenters. The maximum Gasteiger partial charge on any atom is 0.528 e. The Morgan fingerprint density at radius 3 is 2.35 bits per heavy atom. The fourth-order valence-electron chi connectivity index (χ4n) is 2.71. The van der Waals surface area contributed by atoms with Crippen molar-refractivity contribution in [3.8, 4) is 6.07 Å². The molecule has 0 N–H and O–H groups in total. The van der Waals surface area contributed by atoms with Crippen molar-refractivity contribution >= 4 is 40.6 Å². The van der Waals surface area contributed by atoms with E-state index in [1.54, 1.807) is 4.90 Å². The van der Waals surface area contributed by atoms with Gasteiger partial charge < -0.3 is 9.64 Å². The van der Waals surface area contributed by atoms with Gasteiger partial charge in [0.25, 0.3) is 6.07 Å². The van der Waals surface area contributed by atoms with Crippen LogP contribution in [-0.2, 0) is 10.2 Å². The summed E-state index contributed by atoms with van der Waals surface area (Å²) in [5.74, 6) is 0. The minimum atomic E-state index is -0.475. The van der Waals surface area contributed by atoms with E-state index in [0.29, 0.717) is 18.1 Å². The van der Waals surface area contributed by atoms with Crippen LogP contribution in [0.25, 0.3) is 3.06 Å². The Bertz CT molecular complexity index is 621. The predicted octanol–water partition coefficient (Wildman–Crippen LogP) is 5.29. The maximum atomic E-state index is 12.2. The van der Waals surface area contributed by atoms with Crippen LogP contribution in [0, 0.1) is 6.07 Å². The molecule has 1 aromatic carbocycles. The van der Waals surface area contributed by atoms with E-state index in [4.69, 9.17) is 16.3 Å². The van der Waals surface area contributed by atoms with Crippen molar-refractivity contribution in [2.24, 2.45) is 0 Å². The molecule has 1 amide bonds. The lowest BCUT2D eigenvalue weighted by molar-refractivity contribution is 0.0186. The van der Waals surface area contributed by atoms with E-state index in [-0.39, 0.29) is 11.5 Å². The summed E-state index contributed by atoms with van der Waals surface area (Å²) >= 11 is 7.94. The molecule has 124 valence electrons. The molecule has 0 atom stereocenters. The summed E-state index contributed by atoms with van der Waals surface area (Å²) in [7, 11) is 0. The van der Waals surface area contributed by atoms with E-state index < -0.39 is 5.60 Å². The summed E-state index contributed by atoms with van der Waals surface area (Å²) in [4.78, 5) is 14.0. The molecule has 0 bridgehead atoms. The zero-order chi connectivity index (χ0) is 17.1. The first-order valence-electron chi connectivity index (χ1n) is 7.58. The van der Waals surface area contributed by atoms with E-state index in [1.807, 2.05) is 67.9 Å². The molecular weight excluding hydrogens is 427 g/mol. The fourth-order valence-corrected chi connectivity index (χ4v) is 3.30. The molecule has 4 nitrogen and oxygen atoms in total. The second-order valence-corrected chi connectivity index (χ2v) is 7.67. The third-order valence-electron chi connectivity index (χ3n) is 3.92. The number of likely N-dealkylation sites (tertiary alicyclic amines) is 1. The molecule has 0 aliphatic carbocycles. The van der Waals surface area contributed by atoms with Gasteiger partial charge in [0.15, 0.2) is 0 Å². The zero-order valence-electron chi connectivity index (χ0n) is 13.6. The van der Waals surface area contributed by atoms with Gasteiger partial charge in [-0.05, 0) is 54.4 Å². The largest absolute Gasteiger partial charge is 0.528 e. The number of nitrogens with zero attached hydrogens (tertiary/aromatic N) is 2. The van der Waals surface area contributed by atoms with Crippen molar-refractivity contribution in [1.29, 1.82) is 0 Å². The number of piperidine rings is 1. The van der Waals surface area contributed by atoms with Crippen molar-refractivity contribution in [3.05, 3.63) is 37.9 Å². The number of hydrogen-bond acceptors (Lipinski definition) is 2. The summed E-state index contributed by atoms with van der Waals surface area (Å²) < 4.78 is 9.56. The molecule has 0 spiro atoms. The molecule has 23 heavy (non-hydrogen) atoms. The monoisotopic (exact) mass is 447 g/mol. The van der Waals surface area contributed by atoms with Crippen molar-refractivity contribution in [1.82, 2.24) is 4.90 Å². The highest BCUT2D eigenvalue weighted by Gasteiger charge is 2.42. The normalized spacial score (nSPS) is 17.2. The highest BCUT2D eigenvalue weighted by atomic mass is 127. The second-order valence-electron chi connectivity index (χ2n) is 6.75. The number of halogens is 2. The van der Waals surface area contributed by atoms with E-state index in [1.165, 1.54) is 0 Å². The summed E-state index contributed by atoms with van der Waals surface area (Å²) in [5.41, 5.74) is 0.383. The number of rotatable bonds is 1. The smallest absolute Gasteiger partial charge is 0.444 e. The predicted molar refractivity (Wildman–Crippen MR) is 101 cm³/mol. The molecule has 0 radical (unpaired) electrons. The lowest BCUT2D eigenvalue weighted by atomic mass is 9.74. The molecule has 1 aliphatic rings. The van der Waals surface area contributed by atoms with Crippen molar-refractivity contribution in [3.63, 3.8) is 0 Å². The highest BCUT2D eigenvalue weighted by molar-refractivity contribution is 14.1. The summed E-state index contributed by atoms with van der Waals surface area (Å²) in [6, 6.07) is 11.0. The van der Waals surface area contributed by atoms with Crippen molar-refractivity contribution < 1.29 is 9.53 Å². The van der Waals surface area contributed by atoms with Gasteiger partial charge in [0.2, 0.25) is 0 Å². The third-order valence-corrected chi connectivity index (χ3v) is 4.41. The molecule has 2 rings (SSSR count). The number of hydrogen-bond donors (Lipinski definition) is 0. The Morgan fingerprint density at radius 2 is 1.87 bits per heavy atom. The number of ether oxygens (including phenoxy) is 1. The molecule has 1 heterocycles. The molecule has 6 heteroatoms. The Hall–Kier alpha value is -1.00. The highest BCUT2D eigenvalue weighted by Crippen LogP contribution is 2.36. The first-order chi connectivity index (χ1) is 10.8. The van der Waals surface area contributed by atoms with Crippen LogP contribution in [0.3, 0.4) is 0 Å². The average Bonchev–Trinajstić information content (AvgIpc) is 2.47. The first-order valence-corrected chi connectivity index (χ1v) is 8.92. The van der Waals surface area contributed by atoms with Crippen LogP contribution < -0.4 is 0 Å². The lowest BCUT2D eigenvalue weighted by Crippen LogP contribution is -2.46. The maximum absolute atomic E-state index is 12.2. The van der Waals surface area contributed by atoms with Gasteiger partial charge in [-0.1, -0.05) is 23.7 Å². The van der Waals surface area contributed by atoms with Crippen LogP contribution in [0.5, 0.6) is 0 Å². The Morgan fingerprint density at radius 1 is 1.30 bits per heavy atom. The molecule has 1 saturated heterocycles. The van der Waals surface area contributed by atoms with Gasteiger partial charge >= 0.3 is 29.0 Å². The van der Waals surface area contributed by atoms with Crippen LogP contribution in [0.2, 0.25) is 5.02 Å². The van der Waals surface area contributed by atoms with Gasteiger partial charge in [-0.3, -0.25) is 0 Å². The average molecular weight is 448 g/mol. The second kappa shape index (κ2) is 7.27. The molecule has 1 aromatic rings. The molecule has 0 saturated carbocycles. The van der Waals surface area contributed by atoms with Gasteiger partial charge in [-0.15, -0.1) is 0 Å². The molecular formula is C17H21ClIN2O2+. The van der Waals surface area contributed by atoms with Crippen molar-refractivity contribution in [2.75, 3.05) is 13.1 Å². The molecule has 1 aliphatic heterocycles. The molecule has 0 aromatic heterocycles. The minimum Gasteiger partial charge on any atom is -0.444 e. The summed E-state index contributed by atoms with van der Waals surface area (Å²) in [5, 5.41) is 0.710. The first kappa shape index (κ1) is 18.3. The SMILES string of the molecule is CC(C)(C)OC(=O)N1CCC(C#[N+]I)(c2ccc(Cl)cc2)CC1. The van der Waals surface area contributed by atoms with Gasteiger partial charge in [0.1, 0.15) is 11.0 Å². The van der Waals surface area contributed by atoms with Crippen LogP contribution in [-0.4, -0.2) is 29.7 Å². The summed E-state index contributed by atoms with van der Waals surface area (Å²) in [6.45, 7) is 6.88. The van der Waals surface area contributed by atoms with Crippen LogP contribution in [0.15, 0.2) is 24.3 Å². The fraction of sp³-hybridized carbons (Fsp3) is 0.529. The zero-order valence-corrected chi connectivity index (χ0v) is 16.5. The van der Waals surface area contributed by atoms with E-state index >= 15 is 0 Å². The standard InChI is InChI=1S/C17H21ClIN2O2/c1-16(2,3)23-15(22)21-10-8-17(9-11-21,12-20-19)13-4-6-14(18)7-5-13/h4-7H,8-11H2,1-3H3/q+1. The molecule has 1 fully saturated rings. The van der Waals surface area contributed by atoms with Crippen LogP contribution >= 0.6 is 34.5 Å².